The summed E-state index contributed by atoms with van der Waals surface area (Å²) in [6, 6.07) is 0. The van der Waals surface area contributed by atoms with Crippen LogP contribution in [-0.4, -0.2) is 22.3 Å². The van der Waals surface area contributed by atoms with Crippen molar-refractivity contribution in [3.05, 3.63) is 52.5 Å². The lowest BCUT2D eigenvalue weighted by Crippen LogP contribution is -2.24. The maximum absolute atomic E-state index is 12.0. The molecule has 9 nitrogen and oxygen atoms in total. The van der Waals surface area contributed by atoms with Gasteiger partial charge in [-0.3, -0.25) is 44.1 Å². The Bertz CT molecular complexity index is 1170. The number of hydrogen-bond donors (Lipinski definition) is 3. The van der Waals surface area contributed by atoms with Gasteiger partial charge in [0.15, 0.2) is 0 Å². The number of amides is 2. The molecule has 0 aliphatic rings. The number of rotatable bonds is 2. The molecule has 0 radical (unpaired) electrons. The first-order valence-electron chi connectivity index (χ1n) is 6.04. The highest BCUT2D eigenvalue weighted by molar-refractivity contribution is 6.19. The molecule has 3 N–H and O–H groups in total. The van der Waals surface area contributed by atoms with Crippen molar-refractivity contribution >= 4 is 33.9 Å². The number of hydrogen-bond acceptors (Lipinski definition) is 6. The molecule has 3 rings (SSSR count). The lowest BCUT2D eigenvalue weighted by molar-refractivity contribution is -0.108. The Hall–Kier alpha value is -3.36. The Morgan fingerprint density at radius 2 is 1.32 bits per heavy atom. The van der Waals surface area contributed by atoms with E-state index in [1.807, 2.05) is 15.3 Å². The molecule has 0 saturated heterocycles. The van der Waals surface area contributed by atoms with Crippen LogP contribution in [0.25, 0.3) is 21.5 Å². The fourth-order valence-corrected chi connectivity index (χ4v) is 2.71. The highest BCUT2D eigenvalue weighted by Gasteiger charge is 2.26. The van der Waals surface area contributed by atoms with Gasteiger partial charge in [0.1, 0.15) is 0 Å². The molecule has 0 atom stereocenters. The Balaban J connectivity index is 2.76. The number of aryl methyl sites for hydroxylation is 1. The van der Waals surface area contributed by atoms with Crippen molar-refractivity contribution in [2.75, 3.05) is 0 Å². The molecule has 2 heterocycles. The van der Waals surface area contributed by atoms with Crippen molar-refractivity contribution in [1.29, 1.82) is 0 Å². The van der Waals surface area contributed by atoms with Crippen LogP contribution in [-0.2, 0) is 4.79 Å². The summed E-state index contributed by atoms with van der Waals surface area (Å²) in [5.41, 5.74) is -3.56. The number of nitrogens with one attached hydrogen (secondary N) is 3. The standard InChI is InChI=1S/C13H7N3O6/c1-3-4(9(18)14-2-17)6-8(13(22)16-11(6)20)7-5(3)10(19)15-12(7)21/h2H,1H3,(H,14,17,18)(H,15,19,21)(H,16,20,22). The van der Waals surface area contributed by atoms with Crippen LogP contribution in [0.15, 0.2) is 19.2 Å². The van der Waals surface area contributed by atoms with Gasteiger partial charge in [0.05, 0.1) is 27.1 Å². The van der Waals surface area contributed by atoms with Crippen molar-refractivity contribution in [2.24, 2.45) is 0 Å². The fourth-order valence-electron chi connectivity index (χ4n) is 2.71. The first kappa shape index (κ1) is 13.6. The first-order valence-corrected chi connectivity index (χ1v) is 6.04. The number of aromatic amines is 2. The maximum Gasteiger partial charge on any atom is 0.259 e. The van der Waals surface area contributed by atoms with Crippen molar-refractivity contribution < 1.29 is 9.59 Å². The van der Waals surface area contributed by atoms with E-state index in [2.05, 4.69) is 0 Å². The molecule has 9 heteroatoms. The van der Waals surface area contributed by atoms with Crippen LogP contribution in [0, 0.1) is 6.92 Å². The van der Waals surface area contributed by atoms with Crippen molar-refractivity contribution in [2.45, 2.75) is 6.92 Å². The van der Waals surface area contributed by atoms with Crippen LogP contribution in [0.2, 0.25) is 0 Å². The molecule has 22 heavy (non-hydrogen) atoms. The molecule has 0 saturated carbocycles. The normalized spacial score (nSPS) is 11.1. The molecular weight excluding hydrogens is 294 g/mol. The van der Waals surface area contributed by atoms with Gasteiger partial charge in [0.2, 0.25) is 6.41 Å². The van der Waals surface area contributed by atoms with E-state index in [1.54, 1.807) is 0 Å². The topological polar surface area (TPSA) is 146 Å². The van der Waals surface area contributed by atoms with Gasteiger partial charge < -0.3 is 0 Å². The Morgan fingerprint density at radius 1 is 0.864 bits per heavy atom. The van der Waals surface area contributed by atoms with Crippen molar-refractivity contribution in [3.8, 4) is 0 Å². The molecule has 0 aliphatic heterocycles. The summed E-state index contributed by atoms with van der Waals surface area (Å²) in [5, 5.41) is 0.833. The SMILES string of the molecule is Cc1c(C(=O)NC=O)c2c(=O)[nH]c(=O)c2c2c(=O)[nH]c(=O)c12. The van der Waals surface area contributed by atoms with Crippen LogP contribution < -0.4 is 27.6 Å². The number of aromatic nitrogens is 2. The summed E-state index contributed by atoms with van der Waals surface area (Å²) >= 11 is 0. The minimum Gasteiger partial charge on any atom is -0.295 e. The number of imide groups is 1. The second-order valence-electron chi connectivity index (χ2n) is 4.66. The first-order chi connectivity index (χ1) is 10.4. The lowest BCUT2D eigenvalue weighted by Gasteiger charge is -2.06. The zero-order valence-electron chi connectivity index (χ0n) is 11.0. The third-order valence-corrected chi connectivity index (χ3v) is 3.53. The smallest absolute Gasteiger partial charge is 0.259 e. The average molecular weight is 301 g/mol. The molecule has 2 amide bonds. The van der Waals surface area contributed by atoms with E-state index in [1.165, 1.54) is 6.92 Å². The Labute approximate surface area is 119 Å². The van der Waals surface area contributed by atoms with Crippen molar-refractivity contribution in [1.82, 2.24) is 15.3 Å². The van der Waals surface area contributed by atoms with Gasteiger partial charge in [0, 0.05) is 0 Å². The van der Waals surface area contributed by atoms with Gasteiger partial charge in [-0.15, -0.1) is 0 Å². The quantitative estimate of drug-likeness (QED) is 0.474. The number of carbonyl (C=O) groups is 2. The highest BCUT2D eigenvalue weighted by Crippen LogP contribution is 2.25. The summed E-state index contributed by atoms with van der Waals surface area (Å²) in [6.07, 6.45) is 0.112. The van der Waals surface area contributed by atoms with Crippen LogP contribution in [0.1, 0.15) is 15.9 Å². The van der Waals surface area contributed by atoms with E-state index in [0.717, 1.165) is 0 Å². The van der Waals surface area contributed by atoms with Crippen LogP contribution in [0.3, 0.4) is 0 Å². The van der Waals surface area contributed by atoms with Gasteiger partial charge in [-0.1, -0.05) is 0 Å². The molecule has 0 unspecified atom stereocenters. The van der Waals surface area contributed by atoms with Crippen LogP contribution >= 0.6 is 0 Å². The van der Waals surface area contributed by atoms with Crippen LogP contribution in [0.5, 0.6) is 0 Å². The molecule has 110 valence electrons. The highest BCUT2D eigenvalue weighted by atomic mass is 16.2. The fraction of sp³-hybridized carbons (Fsp3) is 0.0769. The largest absolute Gasteiger partial charge is 0.295 e. The average Bonchev–Trinajstić information content (AvgIpc) is 2.88. The van der Waals surface area contributed by atoms with E-state index in [9.17, 15) is 28.8 Å². The van der Waals surface area contributed by atoms with Gasteiger partial charge in [-0.05, 0) is 12.5 Å². The zero-order chi connectivity index (χ0) is 16.2. The summed E-state index contributed by atoms with van der Waals surface area (Å²) in [5.74, 6) is -0.941. The van der Waals surface area contributed by atoms with E-state index < -0.39 is 28.1 Å². The predicted molar refractivity (Wildman–Crippen MR) is 75.9 cm³/mol. The molecular formula is C13H7N3O6. The summed E-state index contributed by atoms with van der Waals surface area (Å²) < 4.78 is 0. The molecule has 0 fully saturated rings. The second kappa shape index (κ2) is 4.32. The summed E-state index contributed by atoms with van der Waals surface area (Å²) in [7, 11) is 0. The molecule has 0 bridgehead atoms. The summed E-state index contributed by atoms with van der Waals surface area (Å²) in [6.45, 7) is 1.35. The van der Waals surface area contributed by atoms with E-state index in [0.29, 0.717) is 0 Å². The van der Waals surface area contributed by atoms with Gasteiger partial charge in [-0.2, -0.15) is 0 Å². The summed E-state index contributed by atoms with van der Waals surface area (Å²) in [4.78, 5) is 74.0. The Morgan fingerprint density at radius 3 is 1.86 bits per heavy atom. The minimum atomic E-state index is -0.941. The molecule has 3 aromatic rings. The predicted octanol–water partition coefficient (Wildman–Crippen LogP) is -1.84. The Kier molecular flexibility index (Phi) is 2.67. The monoisotopic (exact) mass is 301 g/mol. The van der Waals surface area contributed by atoms with E-state index >= 15 is 0 Å². The molecule has 0 aliphatic carbocycles. The van der Waals surface area contributed by atoms with Gasteiger partial charge >= 0.3 is 0 Å². The van der Waals surface area contributed by atoms with E-state index in [4.69, 9.17) is 0 Å². The number of benzene rings is 1. The third kappa shape index (κ3) is 1.53. The lowest BCUT2D eigenvalue weighted by atomic mass is 9.96. The van der Waals surface area contributed by atoms with E-state index in [-0.39, 0.29) is 39.1 Å². The molecule has 0 spiro atoms. The van der Waals surface area contributed by atoms with Crippen molar-refractivity contribution in [3.63, 3.8) is 0 Å². The third-order valence-electron chi connectivity index (χ3n) is 3.53. The zero-order valence-corrected chi connectivity index (χ0v) is 11.0. The molecule has 2 aromatic heterocycles. The van der Waals surface area contributed by atoms with Gasteiger partial charge in [-0.25, -0.2) is 0 Å². The van der Waals surface area contributed by atoms with Gasteiger partial charge in [0.25, 0.3) is 28.1 Å². The maximum atomic E-state index is 12.0. The number of H-pyrrole nitrogens is 2. The minimum absolute atomic E-state index is 0.0429. The molecule has 1 aromatic carbocycles. The number of fused-ring (bicyclic) bond motifs is 3. The second-order valence-corrected chi connectivity index (χ2v) is 4.66. The van der Waals surface area contributed by atoms with Crippen LogP contribution in [0.4, 0.5) is 0 Å². The number of carbonyl (C=O) groups excluding carboxylic acids is 2.